The third kappa shape index (κ3) is 7.24. The number of aromatic nitrogens is 1. The van der Waals surface area contributed by atoms with Gasteiger partial charge >= 0.3 is 5.97 Å². The van der Waals surface area contributed by atoms with Crippen LogP contribution in [0.1, 0.15) is 16.7 Å². The topological polar surface area (TPSA) is 77.5 Å². The summed E-state index contributed by atoms with van der Waals surface area (Å²) in [6.45, 7) is 0.471. The molecule has 0 bridgehead atoms. The van der Waals surface area contributed by atoms with Gasteiger partial charge in [0.05, 0.1) is 0 Å². The van der Waals surface area contributed by atoms with Gasteiger partial charge in [-0.05, 0) is 41.0 Å². The zero-order chi connectivity index (χ0) is 21.0. The van der Waals surface area contributed by atoms with Crippen LogP contribution in [0.4, 0.5) is 0 Å². The summed E-state index contributed by atoms with van der Waals surface area (Å²) in [5.41, 5.74) is 2.69. The molecule has 3 rings (SSSR count). The maximum atomic E-state index is 11.9. The smallest absolute Gasteiger partial charge is 0.344 e. The van der Waals surface area contributed by atoms with Crippen molar-refractivity contribution in [3.8, 4) is 5.75 Å². The lowest BCUT2D eigenvalue weighted by molar-refractivity contribution is -0.147. The van der Waals surface area contributed by atoms with E-state index >= 15 is 0 Å². The first-order valence-electron chi connectivity index (χ1n) is 9.46. The van der Waals surface area contributed by atoms with Crippen LogP contribution in [0.2, 0.25) is 0 Å². The molecule has 6 nitrogen and oxygen atoms in total. The van der Waals surface area contributed by atoms with E-state index in [4.69, 9.17) is 9.47 Å². The van der Waals surface area contributed by atoms with Gasteiger partial charge in [-0.2, -0.15) is 0 Å². The van der Waals surface area contributed by atoms with Gasteiger partial charge in [0.1, 0.15) is 12.4 Å². The molecule has 0 aliphatic rings. The number of ether oxygens (including phenoxy) is 2. The summed E-state index contributed by atoms with van der Waals surface area (Å²) in [5.74, 6) is -0.0849. The molecular weight excluding hydrogens is 380 g/mol. The fraction of sp³-hybridized carbons (Fsp3) is 0.125. The van der Waals surface area contributed by atoms with E-state index in [0.29, 0.717) is 12.3 Å². The van der Waals surface area contributed by atoms with Crippen molar-refractivity contribution >= 4 is 18.0 Å². The molecule has 1 N–H and O–H groups in total. The zero-order valence-electron chi connectivity index (χ0n) is 16.4. The van der Waals surface area contributed by atoms with Gasteiger partial charge in [0.2, 0.25) is 5.91 Å². The fourth-order valence-electron chi connectivity index (χ4n) is 2.52. The number of hydrogen-bond donors (Lipinski definition) is 1. The molecule has 0 aliphatic carbocycles. The number of amides is 1. The molecule has 152 valence electrons. The quantitative estimate of drug-likeness (QED) is 0.438. The Morgan fingerprint density at radius 3 is 2.43 bits per heavy atom. The molecule has 0 radical (unpaired) electrons. The Hall–Kier alpha value is -3.93. The lowest BCUT2D eigenvalue weighted by Gasteiger charge is -2.07. The molecule has 2 aromatic carbocycles. The van der Waals surface area contributed by atoms with Crippen molar-refractivity contribution in [3.05, 3.63) is 102 Å². The Bertz CT molecular complexity index is 971. The lowest BCUT2D eigenvalue weighted by atomic mass is 10.2. The van der Waals surface area contributed by atoms with E-state index in [1.807, 2.05) is 42.5 Å². The lowest BCUT2D eigenvalue weighted by Crippen LogP contribution is -2.20. The van der Waals surface area contributed by atoms with Crippen molar-refractivity contribution in [1.82, 2.24) is 10.3 Å². The van der Waals surface area contributed by atoms with E-state index in [9.17, 15) is 9.59 Å². The number of nitrogens with one attached hydrogen (secondary N) is 1. The molecule has 0 atom stereocenters. The fourth-order valence-corrected chi connectivity index (χ4v) is 2.52. The Morgan fingerprint density at radius 2 is 1.70 bits per heavy atom. The summed E-state index contributed by atoms with van der Waals surface area (Å²) in [7, 11) is 0. The average Bonchev–Trinajstić information content (AvgIpc) is 2.80. The third-order valence-electron chi connectivity index (χ3n) is 4.10. The first-order chi connectivity index (χ1) is 14.7. The van der Waals surface area contributed by atoms with Crippen LogP contribution in [0, 0.1) is 0 Å². The minimum atomic E-state index is -0.437. The molecule has 1 heterocycles. The van der Waals surface area contributed by atoms with Crippen LogP contribution >= 0.6 is 0 Å². The first-order valence-corrected chi connectivity index (χ1v) is 9.46. The second kappa shape index (κ2) is 11.2. The molecule has 30 heavy (non-hydrogen) atoms. The summed E-state index contributed by atoms with van der Waals surface area (Å²) in [5, 5.41) is 2.80. The predicted octanol–water partition coefficient (Wildman–Crippen LogP) is 3.53. The Kier molecular flexibility index (Phi) is 7.74. The van der Waals surface area contributed by atoms with E-state index in [1.54, 1.807) is 42.7 Å². The highest BCUT2D eigenvalue weighted by Gasteiger charge is 2.05. The molecule has 0 saturated carbocycles. The van der Waals surface area contributed by atoms with Gasteiger partial charge in [0, 0.05) is 25.0 Å². The van der Waals surface area contributed by atoms with E-state index in [2.05, 4.69) is 10.3 Å². The van der Waals surface area contributed by atoms with Crippen LogP contribution in [0.15, 0.2) is 85.2 Å². The van der Waals surface area contributed by atoms with E-state index in [0.717, 1.165) is 16.7 Å². The zero-order valence-corrected chi connectivity index (χ0v) is 16.4. The minimum Gasteiger partial charge on any atom is -0.482 e. The average molecular weight is 402 g/mol. The van der Waals surface area contributed by atoms with E-state index in [1.165, 1.54) is 6.08 Å². The van der Waals surface area contributed by atoms with Crippen molar-refractivity contribution in [2.45, 2.75) is 13.2 Å². The van der Waals surface area contributed by atoms with Crippen LogP contribution in [0.25, 0.3) is 6.08 Å². The maximum Gasteiger partial charge on any atom is 0.344 e. The largest absolute Gasteiger partial charge is 0.482 e. The summed E-state index contributed by atoms with van der Waals surface area (Å²) >= 11 is 0. The van der Waals surface area contributed by atoms with Crippen molar-refractivity contribution in [2.75, 3.05) is 6.61 Å². The van der Waals surface area contributed by atoms with Gasteiger partial charge in [-0.3, -0.25) is 9.78 Å². The number of carbonyl (C=O) groups is 2. The SMILES string of the molecule is O=C(/C=C/c1ccc(OCC(=O)OCc2ccccc2)cc1)NCc1cccnc1. The van der Waals surface area contributed by atoms with Crippen molar-refractivity contribution < 1.29 is 19.1 Å². The highest BCUT2D eigenvalue weighted by molar-refractivity contribution is 5.91. The Morgan fingerprint density at radius 1 is 0.933 bits per heavy atom. The van der Waals surface area contributed by atoms with Gasteiger partial charge in [0.15, 0.2) is 6.61 Å². The minimum absolute atomic E-state index is 0.168. The van der Waals surface area contributed by atoms with Crippen molar-refractivity contribution in [2.24, 2.45) is 0 Å². The monoisotopic (exact) mass is 402 g/mol. The molecule has 0 fully saturated rings. The van der Waals surface area contributed by atoms with Crippen LogP contribution < -0.4 is 10.1 Å². The number of pyridine rings is 1. The number of hydrogen-bond acceptors (Lipinski definition) is 5. The summed E-state index contributed by atoms with van der Waals surface area (Å²) in [4.78, 5) is 27.7. The highest BCUT2D eigenvalue weighted by atomic mass is 16.6. The van der Waals surface area contributed by atoms with Gasteiger partial charge in [-0.25, -0.2) is 4.79 Å². The molecule has 0 aliphatic heterocycles. The second-order valence-electron chi connectivity index (χ2n) is 6.42. The number of rotatable bonds is 9. The van der Waals surface area contributed by atoms with Gasteiger partial charge in [-0.1, -0.05) is 48.5 Å². The third-order valence-corrected chi connectivity index (χ3v) is 4.10. The molecule has 3 aromatic rings. The molecule has 1 aromatic heterocycles. The van der Waals surface area contributed by atoms with Crippen LogP contribution in [0.3, 0.4) is 0 Å². The number of benzene rings is 2. The van der Waals surface area contributed by atoms with Gasteiger partial charge in [-0.15, -0.1) is 0 Å². The Labute approximate surface area is 175 Å². The molecule has 1 amide bonds. The predicted molar refractivity (Wildman–Crippen MR) is 113 cm³/mol. The van der Waals surface area contributed by atoms with E-state index < -0.39 is 5.97 Å². The Balaban J connectivity index is 1.39. The van der Waals surface area contributed by atoms with Crippen LogP contribution in [0.5, 0.6) is 5.75 Å². The normalized spacial score (nSPS) is 10.5. The van der Waals surface area contributed by atoms with Crippen molar-refractivity contribution in [1.29, 1.82) is 0 Å². The standard InChI is InChI=1S/C24H22N2O4/c27-23(26-16-21-7-4-14-25-15-21)13-10-19-8-11-22(12-9-19)29-18-24(28)30-17-20-5-2-1-3-6-20/h1-15H,16-18H2,(H,26,27)/b13-10+. The van der Waals surface area contributed by atoms with E-state index in [-0.39, 0.29) is 19.1 Å². The second-order valence-corrected chi connectivity index (χ2v) is 6.42. The molecule has 0 spiro atoms. The number of carbonyl (C=O) groups excluding carboxylic acids is 2. The first kappa shape index (κ1) is 20.8. The van der Waals surface area contributed by atoms with Gasteiger partial charge in [0.25, 0.3) is 0 Å². The summed E-state index contributed by atoms with van der Waals surface area (Å²) < 4.78 is 10.6. The van der Waals surface area contributed by atoms with Crippen LogP contribution in [-0.2, 0) is 27.5 Å². The van der Waals surface area contributed by atoms with Gasteiger partial charge < -0.3 is 14.8 Å². The summed E-state index contributed by atoms with van der Waals surface area (Å²) in [6.07, 6.45) is 6.57. The molecule has 0 saturated heterocycles. The molecular formula is C24H22N2O4. The van der Waals surface area contributed by atoms with Crippen molar-refractivity contribution in [3.63, 3.8) is 0 Å². The molecule has 6 heteroatoms. The molecule has 0 unspecified atom stereocenters. The van der Waals surface area contributed by atoms with Crippen LogP contribution in [-0.4, -0.2) is 23.5 Å². The maximum absolute atomic E-state index is 11.9. The highest BCUT2D eigenvalue weighted by Crippen LogP contribution is 2.13. The number of esters is 1. The summed E-state index contributed by atoms with van der Waals surface area (Å²) in [6, 6.07) is 20.2. The number of nitrogens with zero attached hydrogens (tertiary/aromatic N) is 1.